The molecule has 1 saturated heterocycles. The van der Waals surface area contributed by atoms with E-state index in [4.69, 9.17) is 16.3 Å². The zero-order chi connectivity index (χ0) is 12.3. The minimum Gasteiger partial charge on any atom is -0.376 e. The number of nitrogens with one attached hydrogen (secondary N) is 1. The van der Waals surface area contributed by atoms with Crippen molar-refractivity contribution in [3.05, 3.63) is 16.9 Å². The van der Waals surface area contributed by atoms with E-state index in [-0.39, 0.29) is 17.7 Å². The Hall–Kier alpha value is -1.07. The Morgan fingerprint density at radius 1 is 1.76 bits per heavy atom. The van der Waals surface area contributed by atoms with Crippen LogP contribution in [0.2, 0.25) is 5.02 Å². The zero-order valence-corrected chi connectivity index (χ0v) is 10.5. The van der Waals surface area contributed by atoms with Crippen LogP contribution in [-0.2, 0) is 11.3 Å². The third-order valence-corrected chi connectivity index (χ3v) is 3.05. The highest BCUT2D eigenvalue weighted by molar-refractivity contribution is 6.33. The molecule has 17 heavy (non-hydrogen) atoms. The van der Waals surface area contributed by atoms with Gasteiger partial charge in [-0.2, -0.15) is 5.10 Å². The van der Waals surface area contributed by atoms with Crippen LogP contribution >= 0.6 is 11.6 Å². The van der Waals surface area contributed by atoms with Crippen molar-refractivity contribution in [3.63, 3.8) is 0 Å². The summed E-state index contributed by atoms with van der Waals surface area (Å²) < 4.78 is 7.06. The second-order valence-electron chi connectivity index (χ2n) is 4.03. The van der Waals surface area contributed by atoms with Gasteiger partial charge in [0.25, 0.3) is 5.91 Å². The van der Waals surface area contributed by atoms with Crippen LogP contribution in [0.1, 0.15) is 30.3 Å². The number of rotatable bonds is 4. The van der Waals surface area contributed by atoms with Crippen molar-refractivity contribution in [2.75, 3.05) is 13.2 Å². The Kier molecular flexibility index (Phi) is 4.02. The first-order chi connectivity index (χ1) is 8.20. The SMILES string of the molecule is CCn1cc(Cl)c(C(=O)NCC2CCCO2)n1. The third kappa shape index (κ3) is 2.98. The molecule has 1 aromatic heterocycles. The minimum absolute atomic E-state index is 0.131. The van der Waals surface area contributed by atoms with Gasteiger partial charge in [-0.25, -0.2) is 0 Å². The van der Waals surface area contributed by atoms with E-state index < -0.39 is 0 Å². The molecule has 0 saturated carbocycles. The fourth-order valence-electron chi connectivity index (χ4n) is 1.81. The van der Waals surface area contributed by atoms with Crippen LogP contribution in [0.5, 0.6) is 0 Å². The van der Waals surface area contributed by atoms with Gasteiger partial charge in [0.1, 0.15) is 0 Å². The second kappa shape index (κ2) is 5.51. The summed E-state index contributed by atoms with van der Waals surface area (Å²) in [5.74, 6) is -0.238. The molecule has 6 heteroatoms. The highest BCUT2D eigenvalue weighted by Crippen LogP contribution is 2.14. The maximum absolute atomic E-state index is 11.8. The van der Waals surface area contributed by atoms with E-state index in [1.807, 2.05) is 6.92 Å². The van der Waals surface area contributed by atoms with Crippen molar-refractivity contribution in [1.82, 2.24) is 15.1 Å². The first kappa shape index (κ1) is 12.4. The van der Waals surface area contributed by atoms with E-state index in [1.54, 1.807) is 10.9 Å². The molecule has 2 heterocycles. The number of hydrogen-bond acceptors (Lipinski definition) is 3. The number of amides is 1. The lowest BCUT2D eigenvalue weighted by Gasteiger charge is -2.09. The van der Waals surface area contributed by atoms with Crippen molar-refractivity contribution in [2.24, 2.45) is 0 Å². The number of aromatic nitrogens is 2. The summed E-state index contributed by atoms with van der Waals surface area (Å²) in [5, 5.41) is 7.29. The maximum Gasteiger partial charge on any atom is 0.273 e. The van der Waals surface area contributed by atoms with E-state index in [2.05, 4.69) is 10.4 Å². The fraction of sp³-hybridized carbons (Fsp3) is 0.636. The number of carbonyl (C=O) groups is 1. The van der Waals surface area contributed by atoms with Crippen molar-refractivity contribution in [1.29, 1.82) is 0 Å². The summed E-state index contributed by atoms with van der Waals surface area (Å²) in [7, 11) is 0. The van der Waals surface area contributed by atoms with Crippen molar-refractivity contribution < 1.29 is 9.53 Å². The van der Waals surface area contributed by atoms with Gasteiger partial charge in [0.15, 0.2) is 5.69 Å². The van der Waals surface area contributed by atoms with Gasteiger partial charge >= 0.3 is 0 Å². The van der Waals surface area contributed by atoms with Crippen LogP contribution in [0.4, 0.5) is 0 Å². The first-order valence-electron chi connectivity index (χ1n) is 5.83. The van der Waals surface area contributed by atoms with E-state index in [0.717, 1.165) is 19.4 Å². The Morgan fingerprint density at radius 3 is 3.18 bits per heavy atom. The number of carbonyl (C=O) groups excluding carboxylic acids is 1. The van der Waals surface area contributed by atoms with Crippen molar-refractivity contribution in [2.45, 2.75) is 32.4 Å². The summed E-state index contributed by atoms with van der Waals surface area (Å²) in [6.45, 7) is 3.94. The lowest BCUT2D eigenvalue weighted by molar-refractivity contribution is 0.0853. The molecule has 5 nitrogen and oxygen atoms in total. The number of halogens is 1. The molecule has 1 unspecified atom stereocenters. The van der Waals surface area contributed by atoms with Crippen LogP contribution in [0.15, 0.2) is 6.20 Å². The first-order valence-corrected chi connectivity index (χ1v) is 6.21. The molecule has 0 bridgehead atoms. The molecule has 1 amide bonds. The minimum atomic E-state index is -0.238. The number of ether oxygens (including phenoxy) is 1. The Morgan fingerprint density at radius 2 is 2.59 bits per heavy atom. The number of nitrogens with zero attached hydrogens (tertiary/aromatic N) is 2. The summed E-state index contributed by atoms with van der Waals surface area (Å²) in [4.78, 5) is 11.8. The molecule has 2 rings (SSSR count). The van der Waals surface area contributed by atoms with Crippen LogP contribution < -0.4 is 5.32 Å². The predicted molar refractivity (Wildman–Crippen MR) is 64.2 cm³/mol. The van der Waals surface area contributed by atoms with Gasteiger partial charge < -0.3 is 10.1 Å². The van der Waals surface area contributed by atoms with Gasteiger partial charge in [0.2, 0.25) is 0 Å². The summed E-state index contributed by atoms with van der Waals surface area (Å²) >= 11 is 5.94. The van der Waals surface area contributed by atoms with Gasteiger partial charge in [-0.1, -0.05) is 11.6 Å². The van der Waals surface area contributed by atoms with E-state index in [9.17, 15) is 4.79 Å². The molecule has 0 aliphatic carbocycles. The van der Waals surface area contributed by atoms with E-state index >= 15 is 0 Å². The fourth-order valence-corrected chi connectivity index (χ4v) is 2.04. The molecule has 94 valence electrons. The standard InChI is InChI=1S/C11H16ClN3O2/c1-2-15-7-9(12)10(14-15)11(16)13-6-8-4-3-5-17-8/h7-8H,2-6H2,1H3,(H,13,16). The van der Waals surface area contributed by atoms with E-state index in [0.29, 0.717) is 18.1 Å². The molecule has 1 aliphatic rings. The molecular formula is C11H16ClN3O2. The van der Waals surface area contributed by atoms with Crippen LogP contribution in [-0.4, -0.2) is 34.9 Å². The lowest BCUT2D eigenvalue weighted by Crippen LogP contribution is -2.32. The maximum atomic E-state index is 11.8. The molecule has 1 aromatic rings. The lowest BCUT2D eigenvalue weighted by atomic mass is 10.2. The normalized spacial score (nSPS) is 19.5. The predicted octanol–water partition coefficient (Wildman–Crippen LogP) is 1.47. The summed E-state index contributed by atoms with van der Waals surface area (Å²) in [6, 6.07) is 0. The molecule has 1 atom stereocenters. The number of aryl methyl sites for hydroxylation is 1. The third-order valence-electron chi connectivity index (χ3n) is 2.77. The summed E-state index contributed by atoms with van der Waals surface area (Å²) in [6.07, 6.45) is 3.84. The molecule has 1 aliphatic heterocycles. The van der Waals surface area contributed by atoms with Gasteiger partial charge in [-0.15, -0.1) is 0 Å². The van der Waals surface area contributed by atoms with Crippen LogP contribution in [0.25, 0.3) is 0 Å². The molecular weight excluding hydrogens is 242 g/mol. The highest BCUT2D eigenvalue weighted by atomic mass is 35.5. The monoisotopic (exact) mass is 257 g/mol. The molecule has 1 N–H and O–H groups in total. The average Bonchev–Trinajstić information content (AvgIpc) is 2.94. The highest BCUT2D eigenvalue weighted by Gasteiger charge is 2.19. The molecule has 1 fully saturated rings. The topological polar surface area (TPSA) is 56.2 Å². The zero-order valence-electron chi connectivity index (χ0n) is 9.78. The summed E-state index contributed by atoms with van der Waals surface area (Å²) in [5.41, 5.74) is 0.284. The van der Waals surface area contributed by atoms with Gasteiger partial charge in [-0.05, 0) is 19.8 Å². The van der Waals surface area contributed by atoms with Gasteiger partial charge in [0.05, 0.1) is 11.1 Å². The van der Waals surface area contributed by atoms with Crippen LogP contribution in [0, 0.1) is 0 Å². The largest absolute Gasteiger partial charge is 0.376 e. The number of hydrogen-bond donors (Lipinski definition) is 1. The van der Waals surface area contributed by atoms with Crippen LogP contribution in [0.3, 0.4) is 0 Å². The van der Waals surface area contributed by atoms with Gasteiger partial charge in [0, 0.05) is 25.9 Å². The second-order valence-corrected chi connectivity index (χ2v) is 4.43. The Bertz CT molecular complexity index is 399. The van der Waals surface area contributed by atoms with Gasteiger partial charge in [-0.3, -0.25) is 9.48 Å². The Labute approximate surface area is 105 Å². The van der Waals surface area contributed by atoms with Crippen molar-refractivity contribution in [3.8, 4) is 0 Å². The van der Waals surface area contributed by atoms with Crippen molar-refractivity contribution >= 4 is 17.5 Å². The van der Waals surface area contributed by atoms with E-state index in [1.165, 1.54) is 0 Å². The average molecular weight is 258 g/mol. The molecule has 0 radical (unpaired) electrons. The Balaban J connectivity index is 1.91. The molecule has 0 spiro atoms. The smallest absolute Gasteiger partial charge is 0.273 e. The molecule has 0 aromatic carbocycles. The quantitative estimate of drug-likeness (QED) is 0.889.